The molecule has 2 heteroatoms. The van der Waals surface area contributed by atoms with Crippen LogP contribution in [0.15, 0.2) is 0 Å². The van der Waals surface area contributed by atoms with Crippen molar-refractivity contribution in [2.45, 2.75) is 182 Å². The summed E-state index contributed by atoms with van der Waals surface area (Å²) < 4.78 is 1.43. The van der Waals surface area contributed by atoms with Gasteiger partial charge in [-0.1, -0.05) is 136 Å². The Morgan fingerprint density at radius 2 is 0.500 bits per heavy atom. The molecule has 34 heavy (non-hydrogen) atoms. The summed E-state index contributed by atoms with van der Waals surface area (Å²) in [6, 6.07) is 0. The molecule has 0 saturated carbocycles. The lowest BCUT2D eigenvalue weighted by molar-refractivity contribution is -0.927. The lowest BCUT2D eigenvalue weighted by Crippen LogP contribution is -3.00. The molecule has 1 nitrogen and oxygen atoms in total. The van der Waals surface area contributed by atoms with Gasteiger partial charge < -0.3 is 16.9 Å². The Kier molecular flexibility index (Phi) is 31.6. The van der Waals surface area contributed by atoms with Crippen LogP contribution in [0.2, 0.25) is 0 Å². The quantitative estimate of drug-likeness (QED) is 0.0747. The second-order valence-corrected chi connectivity index (χ2v) is 11.3. The predicted octanol–water partition coefficient (Wildman–Crippen LogP) is 8.25. The van der Waals surface area contributed by atoms with Gasteiger partial charge in [0, 0.05) is 0 Å². The molecule has 208 valence electrons. The van der Waals surface area contributed by atoms with Crippen LogP contribution in [0.3, 0.4) is 0 Å². The molecule has 0 aromatic carbocycles. The molecule has 0 aliphatic carbocycles. The van der Waals surface area contributed by atoms with Crippen molar-refractivity contribution >= 4 is 0 Å². The molecule has 0 aromatic rings. The van der Waals surface area contributed by atoms with Crippen LogP contribution in [-0.2, 0) is 0 Å². The molecule has 0 N–H and O–H groups in total. The molecule has 0 aliphatic heterocycles. The molecular weight excluding hydrogens is 434 g/mol. The third kappa shape index (κ3) is 24.0. The molecule has 0 rings (SSSR count). The Balaban J connectivity index is 0. The van der Waals surface area contributed by atoms with Crippen molar-refractivity contribution in [2.24, 2.45) is 0 Å². The van der Waals surface area contributed by atoms with Gasteiger partial charge in [0.2, 0.25) is 0 Å². The van der Waals surface area contributed by atoms with E-state index < -0.39 is 0 Å². The van der Waals surface area contributed by atoms with Gasteiger partial charge in [-0.3, -0.25) is 0 Å². The van der Waals surface area contributed by atoms with Crippen LogP contribution in [0.25, 0.3) is 0 Å². The van der Waals surface area contributed by atoms with Crippen LogP contribution in [-0.4, -0.2) is 30.7 Å². The highest BCUT2D eigenvalue weighted by Gasteiger charge is 2.23. The van der Waals surface area contributed by atoms with Crippen molar-refractivity contribution in [3.05, 3.63) is 0 Å². The fourth-order valence-electron chi connectivity index (χ4n) is 5.55. The maximum absolute atomic E-state index is 2.49. The molecule has 0 radical (unpaired) electrons. The molecule has 0 spiro atoms. The van der Waals surface area contributed by atoms with Gasteiger partial charge in [-0.15, -0.1) is 0 Å². The predicted molar refractivity (Wildman–Crippen MR) is 153 cm³/mol. The fourth-order valence-corrected chi connectivity index (χ4v) is 5.55. The zero-order valence-electron chi connectivity index (χ0n) is 24.6. The SMILES string of the molecule is CCCCCCCCCC[N+](CC)(CCCCCCCCCC)CCCCCCCCCC.[Cl-]. The maximum atomic E-state index is 2.49. The van der Waals surface area contributed by atoms with Gasteiger partial charge in [0.15, 0.2) is 0 Å². The first-order chi connectivity index (χ1) is 16.2. The zero-order chi connectivity index (χ0) is 24.3. The number of nitrogens with zero attached hydrogens (tertiary/aromatic N) is 1. The standard InChI is InChI=1S/C32H68N.ClH/c1-5-9-12-15-18-21-24-27-30-33(8-4,31-28-25-22-19-16-13-10-6-2)32-29-26-23-20-17-14-11-7-3;/h5-32H2,1-4H3;1H/q+1;/p-1. The van der Waals surface area contributed by atoms with Crippen molar-refractivity contribution in [3.8, 4) is 0 Å². The third-order valence-corrected chi connectivity index (χ3v) is 8.13. The van der Waals surface area contributed by atoms with E-state index in [-0.39, 0.29) is 12.4 Å². The number of unbranched alkanes of at least 4 members (excludes halogenated alkanes) is 21. The Hall–Kier alpha value is 0.250. The number of halogens is 1. The van der Waals surface area contributed by atoms with E-state index in [1.165, 1.54) is 185 Å². The van der Waals surface area contributed by atoms with E-state index >= 15 is 0 Å². The molecule has 0 atom stereocenters. The van der Waals surface area contributed by atoms with Crippen LogP contribution in [0.1, 0.15) is 182 Å². The summed E-state index contributed by atoms with van der Waals surface area (Å²) in [7, 11) is 0. The van der Waals surface area contributed by atoms with Crippen molar-refractivity contribution in [1.82, 2.24) is 0 Å². The average Bonchev–Trinajstić information content (AvgIpc) is 2.83. The Morgan fingerprint density at radius 3 is 0.706 bits per heavy atom. The van der Waals surface area contributed by atoms with E-state index in [1.807, 2.05) is 0 Å². The van der Waals surface area contributed by atoms with Gasteiger partial charge in [0.1, 0.15) is 0 Å². The summed E-state index contributed by atoms with van der Waals surface area (Å²) in [5.74, 6) is 0. The van der Waals surface area contributed by atoms with Gasteiger partial charge in [-0.25, -0.2) is 0 Å². The Bertz CT molecular complexity index is 307. The minimum absolute atomic E-state index is 0. The summed E-state index contributed by atoms with van der Waals surface area (Å²) in [4.78, 5) is 0. The highest BCUT2D eigenvalue weighted by atomic mass is 35.5. The highest BCUT2D eigenvalue weighted by Crippen LogP contribution is 2.19. The van der Waals surface area contributed by atoms with Gasteiger partial charge in [0.25, 0.3) is 0 Å². The summed E-state index contributed by atoms with van der Waals surface area (Å²) in [6.45, 7) is 15.2. The summed E-state index contributed by atoms with van der Waals surface area (Å²) in [5, 5.41) is 0. The van der Waals surface area contributed by atoms with Crippen LogP contribution in [0.4, 0.5) is 0 Å². The first-order valence-electron chi connectivity index (χ1n) is 16.1. The van der Waals surface area contributed by atoms with E-state index in [1.54, 1.807) is 0 Å². The molecule has 0 unspecified atom stereocenters. The van der Waals surface area contributed by atoms with E-state index in [0.29, 0.717) is 0 Å². The van der Waals surface area contributed by atoms with Crippen LogP contribution in [0, 0.1) is 0 Å². The highest BCUT2D eigenvalue weighted by molar-refractivity contribution is 4.53. The first kappa shape index (κ1) is 36.4. The zero-order valence-corrected chi connectivity index (χ0v) is 25.4. The van der Waals surface area contributed by atoms with Crippen molar-refractivity contribution in [2.75, 3.05) is 26.2 Å². The summed E-state index contributed by atoms with van der Waals surface area (Å²) >= 11 is 0. The Morgan fingerprint density at radius 1 is 0.294 bits per heavy atom. The smallest absolute Gasteiger partial charge is 0.0786 e. The number of quaternary nitrogens is 1. The van der Waals surface area contributed by atoms with Gasteiger partial charge >= 0.3 is 0 Å². The summed E-state index contributed by atoms with van der Waals surface area (Å²) in [6.07, 6.45) is 34.9. The molecule has 0 heterocycles. The van der Waals surface area contributed by atoms with E-state index in [9.17, 15) is 0 Å². The van der Waals surface area contributed by atoms with Crippen molar-refractivity contribution in [3.63, 3.8) is 0 Å². The lowest BCUT2D eigenvalue weighted by atomic mass is 10.0. The van der Waals surface area contributed by atoms with E-state index in [4.69, 9.17) is 0 Å². The van der Waals surface area contributed by atoms with Gasteiger partial charge in [-0.05, 0) is 45.4 Å². The largest absolute Gasteiger partial charge is 1.00 e. The minimum Gasteiger partial charge on any atom is -1.00 e. The Labute approximate surface area is 224 Å². The topological polar surface area (TPSA) is 0 Å². The van der Waals surface area contributed by atoms with E-state index in [2.05, 4.69) is 27.7 Å². The molecule has 0 bridgehead atoms. The average molecular weight is 502 g/mol. The normalized spacial score (nSPS) is 11.6. The van der Waals surface area contributed by atoms with E-state index in [0.717, 1.165) is 0 Å². The molecule has 0 aromatic heterocycles. The maximum Gasteiger partial charge on any atom is 0.0786 e. The van der Waals surface area contributed by atoms with Crippen LogP contribution >= 0.6 is 0 Å². The van der Waals surface area contributed by atoms with Gasteiger partial charge in [-0.2, -0.15) is 0 Å². The molecule has 0 aliphatic rings. The second-order valence-electron chi connectivity index (χ2n) is 11.3. The fraction of sp³-hybridized carbons (Fsp3) is 1.00. The van der Waals surface area contributed by atoms with Crippen molar-refractivity contribution in [1.29, 1.82) is 0 Å². The van der Waals surface area contributed by atoms with Gasteiger partial charge in [0.05, 0.1) is 26.2 Å². The number of hydrogen-bond donors (Lipinski definition) is 0. The molecule has 0 fully saturated rings. The monoisotopic (exact) mass is 502 g/mol. The lowest BCUT2D eigenvalue weighted by Gasteiger charge is -2.38. The molecular formula is C32H68ClN. The van der Waals surface area contributed by atoms with Crippen molar-refractivity contribution < 1.29 is 16.9 Å². The first-order valence-corrected chi connectivity index (χ1v) is 16.1. The third-order valence-electron chi connectivity index (χ3n) is 8.13. The number of hydrogen-bond acceptors (Lipinski definition) is 0. The minimum atomic E-state index is 0. The van der Waals surface area contributed by atoms with Crippen LogP contribution < -0.4 is 12.4 Å². The van der Waals surface area contributed by atoms with Crippen LogP contribution in [0.5, 0.6) is 0 Å². The molecule has 0 saturated heterocycles. The molecule has 0 amide bonds. The summed E-state index contributed by atoms with van der Waals surface area (Å²) in [5.41, 5.74) is 0. The second kappa shape index (κ2) is 29.5. The number of rotatable bonds is 28.